The van der Waals surface area contributed by atoms with E-state index in [0.717, 1.165) is 34.3 Å². The number of aromatic nitrogens is 1. The van der Waals surface area contributed by atoms with Gasteiger partial charge in [0.15, 0.2) is 0 Å². The lowest BCUT2D eigenvalue weighted by molar-refractivity contribution is 0.0945. The van der Waals surface area contributed by atoms with Crippen LogP contribution in [0.2, 0.25) is 5.02 Å². The van der Waals surface area contributed by atoms with Crippen molar-refractivity contribution in [3.63, 3.8) is 0 Å². The number of hydrogen-bond acceptors (Lipinski definition) is 5. The average Bonchev–Trinajstić information content (AvgIpc) is 2.67. The van der Waals surface area contributed by atoms with Crippen molar-refractivity contribution in [2.75, 3.05) is 30.4 Å². The molecule has 0 unspecified atom stereocenters. The van der Waals surface area contributed by atoms with Crippen molar-refractivity contribution in [2.24, 2.45) is 0 Å². The van der Waals surface area contributed by atoms with E-state index in [4.69, 9.17) is 21.3 Å². The lowest BCUT2D eigenvalue weighted by atomic mass is 10.1. The molecule has 3 rings (SSSR count). The molecule has 1 saturated heterocycles. The second-order valence-corrected chi connectivity index (χ2v) is 8.53. The Hall–Kier alpha value is -1.76. The van der Waals surface area contributed by atoms with E-state index in [1.54, 1.807) is 11.8 Å². The third kappa shape index (κ3) is 4.99. The van der Waals surface area contributed by atoms with Crippen LogP contribution >= 0.6 is 23.4 Å². The fourth-order valence-corrected chi connectivity index (χ4v) is 4.19. The van der Waals surface area contributed by atoms with E-state index in [1.165, 1.54) is 0 Å². The van der Waals surface area contributed by atoms with Gasteiger partial charge in [0.2, 0.25) is 0 Å². The minimum absolute atomic E-state index is 0.0996. The number of morpholine rings is 1. The summed E-state index contributed by atoms with van der Waals surface area (Å²) in [6, 6.07) is 9.76. The van der Waals surface area contributed by atoms with E-state index in [1.807, 2.05) is 37.3 Å². The molecule has 150 valence electrons. The minimum atomic E-state index is -0.0996. The number of benzene rings is 1. The lowest BCUT2D eigenvalue weighted by Gasteiger charge is -2.34. The van der Waals surface area contributed by atoms with Crippen molar-refractivity contribution < 1.29 is 9.53 Å². The number of nitrogens with one attached hydrogen (secondary N) is 1. The van der Waals surface area contributed by atoms with Gasteiger partial charge < -0.3 is 15.0 Å². The highest BCUT2D eigenvalue weighted by Gasteiger charge is 2.24. The number of nitrogens with zero attached hydrogens (tertiary/aromatic N) is 2. The minimum Gasteiger partial charge on any atom is -0.377 e. The third-order valence-corrected chi connectivity index (χ3v) is 5.82. The molecule has 0 spiro atoms. The maximum Gasteiger partial charge on any atom is 0.254 e. The zero-order valence-corrected chi connectivity index (χ0v) is 18.1. The quantitative estimate of drug-likeness (QED) is 0.707. The van der Waals surface area contributed by atoms with Gasteiger partial charge >= 0.3 is 0 Å². The van der Waals surface area contributed by atoms with Gasteiger partial charge in [-0.1, -0.05) is 30.7 Å². The first-order valence-corrected chi connectivity index (χ1v) is 10.9. The first-order valence-electron chi connectivity index (χ1n) is 9.51. The van der Waals surface area contributed by atoms with E-state index in [-0.39, 0.29) is 11.9 Å². The average molecular weight is 420 g/mol. The van der Waals surface area contributed by atoms with Gasteiger partial charge in [-0.25, -0.2) is 4.98 Å². The Morgan fingerprint density at radius 2 is 2.14 bits per heavy atom. The van der Waals surface area contributed by atoms with Crippen molar-refractivity contribution in [1.82, 2.24) is 10.3 Å². The number of carbonyl (C=O) groups is 1. The molecule has 0 aliphatic carbocycles. The molecule has 1 aromatic carbocycles. The predicted octanol–water partition coefficient (Wildman–Crippen LogP) is 4.31. The van der Waals surface area contributed by atoms with Gasteiger partial charge in [-0.2, -0.15) is 0 Å². The summed E-state index contributed by atoms with van der Waals surface area (Å²) < 4.78 is 5.54. The Labute approximate surface area is 175 Å². The Morgan fingerprint density at radius 1 is 1.39 bits per heavy atom. The van der Waals surface area contributed by atoms with Crippen LogP contribution in [0, 0.1) is 6.92 Å². The van der Waals surface area contributed by atoms with E-state index in [2.05, 4.69) is 24.1 Å². The van der Waals surface area contributed by atoms with Crippen LogP contribution < -0.4 is 10.2 Å². The molecule has 1 aliphatic heterocycles. The van der Waals surface area contributed by atoms with Crippen molar-refractivity contribution in [1.29, 1.82) is 0 Å². The first-order chi connectivity index (χ1) is 13.5. The fraction of sp³-hybridized carbons (Fsp3) is 0.429. The Kier molecular flexibility index (Phi) is 7.21. The number of amides is 1. The monoisotopic (exact) mass is 419 g/mol. The molecule has 0 radical (unpaired) electrons. The normalized spacial score (nSPS) is 16.9. The largest absolute Gasteiger partial charge is 0.377 e. The molecule has 28 heavy (non-hydrogen) atoms. The first kappa shape index (κ1) is 21.0. The maximum absolute atomic E-state index is 12.9. The summed E-state index contributed by atoms with van der Waals surface area (Å²) in [7, 11) is 0. The van der Waals surface area contributed by atoms with Crippen LogP contribution in [-0.2, 0) is 11.3 Å². The summed E-state index contributed by atoms with van der Waals surface area (Å²) in [5.41, 5.74) is 2.60. The molecular formula is C21H26ClN3O2S. The molecule has 2 aromatic rings. The summed E-state index contributed by atoms with van der Waals surface area (Å²) in [5.74, 6) is 1.67. The predicted molar refractivity (Wildman–Crippen MR) is 116 cm³/mol. The molecule has 1 N–H and O–H groups in total. The van der Waals surface area contributed by atoms with Crippen LogP contribution in [0.3, 0.4) is 0 Å². The van der Waals surface area contributed by atoms with Crippen molar-refractivity contribution in [2.45, 2.75) is 38.4 Å². The highest BCUT2D eigenvalue weighted by atomic mass is 35.5. The Morgan fingerprint density at radius 3 is 2.82 bits per heavy atom. The molecule has 1 atom stereocenters. The standard InChI is InChI=1S/C21H26ClN3O2S/c1-4-28-21-19(20(26)23-12-16-5-7-17(22)8-6-16)14(2)11-18(24-21)25-9-10-27-13-15(25)3/h5-8,11,15H,4,9-10,12-13H2,1-3H3,(H,23,26)/t15-/m1/s1. The van der Waals surface area contributed by atoms with Crippen LogP contribution in [0.25, 0.3) is 0 Å². The van der Waals surface area contributed by atoms with E-state index in [9.17, 15) is 4.79 Å². The van der Waals surface area contributed by atoms with Crippen LogP contribution in [0.4, 0.5) is 5.82 Å². The van der Waals surface area contributed by atoms with E-state index >= 15 is 0 Å². The van der Waals surface area contributed by atoms with Gasteiger partial charge in [0.1, 0.15) is 10.8 Å². The van der Waals surface area contributed by atoms with Gasteiger partial charge in [0, 0.05) is 18.1 Å². The summed E-state index contributed by atoms with van der Waals surface area (Å²) in [6.45, 7) is 8.84. The number of carbonyl (C=O) groups excluding carboxylic acids is 1. The molecule has 1 fully saturated rings. The number of anilines is 1. The number of rotatable bonds is 6. The molecule has 2 heterocycles. The Bertz CT molecular complexity index is 829. The number of halogens is 1. The molecule has 0 saturated carbocycles. The molecule has 1 aliphatic rings. The van der Waals surface area contributed by atoms with Gasteiger partial charge in [-0.15, -0.1) is 11.8 Å². The third-order valence-electron chi connectivity index (χ3n) is 4.71. The highest BCUT2D eigenvalue weighted by molar-refractivity contribution is 7.99. The summed E-state index contributed by atoms with van der Waals surface area (Å²) in [4.78, 5) is 20.0. The summed E-state index contributed by atoms with van der Waals surface area (Å²) >= 11 is 7.53. The molecule has 0 bridgehead atoms. The van der Waals surface area contributed by atoms with Gasteiger partial charge in [0.25, 0.3) is 5.91 Å². The number of hydrogen-bond donors (Lipinski definition) is 1. The molecule has 1 aromatic heterocycles. The molecule has 1 amide bonds. The van der Waals surface area contributed by atoms with E-state index in [0.29, 0.717) is 30.3 Å². The zero-order chi connectivity index (χ0) is 20.1. The highest BCUT2D eigenvalue weighted by Crippen LogP contribution is 2.29. The fourth-order valence-electron chi connectivity index (χ4n) is 3.23. The number of ether oxygens (including phenoxy) is 1. The number of aryl methyl sites for hydroxylation is 1. The maximum atomic E-state index is 12.9. The summed E-state index contributed by atoms with van der Waals surface area (Å²) in [5, 5.41) is 4.48. The van der Waals surface area contributed by atoms with Crippen molar-refractivity contribution in [3.05, 3.63) is 52.0 Å². The lowest BCUT2D eigenvalue weighted by Crippen LogP contribution is -2.44. The van der Waals surface area contributed by atoms with Crippen LogP contribution in [0.1, 0.15) is 35.3 Å². The van der Waals surface area contributed by atoms with Crippen molar-refractivity contribution >= 4 is 35.1 Å². The number of pyridine rings is 1. The molecule has 5 nitrogen and oxygen atoms in total. The second kappa shape index (κ2) is 9.63. The van der Waals surface area contributed by atoms with Crippen molar-refractivity contribution in [3.8, 4) is 0 Å². The topological polar surface area (TPSA) is 54.5 Å². The smallest absolute Gasteiger partial charge is 0.254 e. The summed E-state index contributed by atoms with van der Waals surface area (Å²) in [6.07, 6.45) is 0. The second-order valence-electron chi connectivity index (χ2n) is 6.84. The Balaban J connectivity index is 1.82. The van der Waals surface area contributed by atoms with Crippen LogP contribution in [-0.4, -0.2) is 42.4 Å². The van der Waals surface area contributed by atoms with Gasteiger partial charge in [0.05, 0.1) is 24.8 Å². The zero-order valence-electron chi connectivity index (χ0n) is 16.5. The van der Waals surface area contributed by atoms with Gasteiger partial charge in [-0.3, -0.25) is 4.79 Å². The van der Waals surface area contributed by atoms with Gasteiger partial charge in [-0.05, 0) is 48.9 Å². The SMILES string of the molecule is CCSc1nc(N2CCOC[C@H]2C)cc(C)c1C(=O)NCc1ccc(Cl)cc1. The van der Waals surface area contributed by atoms with E-state index < -0.39 is 0 Å². The van der Waals surface area contributed by atoms with Crippen LogP contribution in [0.5, 0.6) is 0 Å². The number of thioether (sulfide) groups is 1. The molecule has 7 heteroatoms. The van der Waals surface area contributed by atoms with Crippen LogP contribution in [0.15, 0.2) is 35.4 Å². The molecular weight excluding hydrogens is 394 g/mol.